The highest BCUT2D eigenvalue weighted by molar-refractivity contribution is 5.88. The first-order chi connectivity index (χ1) is 17.7. The molecule has 0 saturated carbocycles. The van der Waals surface area contributed by atoms with Crippen molar-refractivity contribution in [2.75, 3.05) is 25.9 Å². The third-order valence-electron chi connectivity index (χ3n) is 7.83. The van der Waals surface area contributed by atoms with Gasteiger partial charge in [0.2, 0.25) is 0 Å². The van der Waals surface area contributed by atoms with Crippen molar-refractivity contribution in [3.8, 4) is 16.9 Å². The van der Waals surface area contributed by atoms with E-state index in [1.54, 1.807) is 7.11 Å². The largest absolute Gasteiger partial charge is 0.496 e. The summed E-state index contributed by atoms with van der Waals surface area (Å²) in [5.41, 5.74) is 13.0. The van der Waals surface area contributed by atoms with Gasteiger partial charge >= 0.3 is 0 Å². The first-order valence-electron chi connectivity index (χ1n) is 12.8. The van der Waals surface area contributed by atoms with Gasteiger partial charge in [-0.25, -0.2) is 14.6 Å². The number of aromatic nitrogens is 6. The average Bonchev–Trinajstić information content (AvgIpc) is 3.50. The van der Waals surface area contributed by atoms with E-state index in [1.807, 2.05) is 24.7 Å². The van der Waals surface area contributed by atoms with Crippen LogP contribution in [0.15, 0.2) is 24.8 Å². The molecule has 4 heterocycles. The van der Waals surface area contributed by atoms with Crippen LogP contribution in [0.5, 0.6) is 5.75 Å². The summed E-state index contributed by atoms with van der Waals surface area (Å²) in [6.07, 6.45) is 7.03. The van der Waals surface area contributed by atoms with E-state index < -0.39 is 6.23 Å². The molecule has 4 aromatic rings. The number of benzene rings is 1. The van der Waals surface area contributed by atoms with Gasteiger partial charge in [-0.2, -0.15) is 10.2 Å². The fraction of sp³-hybridized carbons (Fsp3) is 0.481. The van der Waals surface area contributed by atoms with Gasteiger partial charge in [-0.05, 0) is 64.7 Å². The number of methoxy groups -OCH3 is 1. The smallest absolute Gasteiger partial charge is 0.164 e. The fourth-order valence-electron chi connectivity index (χ4n) is 5.56. The summed E-state index contributed by atoms with van der Waals surface area (Å²) in [4.78, 5) is 10.7. The van der Waals surface area contributed by atoms with Crippen LogP contribution in [0.25, 0.3) is 22.2 Å². The Morgan fingerprint density at radius 2 is 1.86 bits per heavy atom. The second-order valence-electron chi connectivity index (χ2n) is 10.1. The first kappa shape index (κ1) is 25.2. The molecule has 3 aromatic heterocycles. The van der Waals surface area contributed by atoms with Crippen LogP contribution in [0.2, 0.25) is 0 Å². The minimum atomic E-state index is -0.410. The third-order valence-corrected chi connectivity index (χ3v) is 7.83. The third kappa shape index (κ3) is 4.34. The number of aryl methyl sites for hydroxylation is 2. The molecular weight excluding hydrogens is 468 g/mol. The van der Waals surface area contributed by atoms with Gasteiger partial charge in [0.05, 0.1) is 36.5 Å². The molecule has 10 nitrogen and oxygen atoms in total. The molecule has 5 rings (SSSR count). The maximum Gasteiger partial charge on any atom is 0.164 e. The van der Waals surface area contributed by atoms with E-state index in [2.05, 4.69) is 52.6 Å². The molecule has 10 heteroatoms. The number of piperidine rings is 1. The summed E-state index contributed by atoms with van der Waals surface area (Å²) in [5, 5.41) is 20.2. The predicted octanol–water partition coefficient (Wildman–Crippen LogP) is 3.79. The zero-order chi connectivity index (χ0) is 26.4. The molecule has 196 valence electrons. The molecule has 1 aliphatic rings. The molecule has 0 bridgehead atoms. The lowest BCUT2D eigenvalue weighted by molar-refractivity contribution is -0.00286. The Balaban J connectivity index is 1.55. The van der Waals surface area contributed by atoms with Crippen molar-refractivity contribution in [2.24, 2.45) is 0 Å². The first-order valence-corrected chi connectivity index (χ1v) is 12.8. The van der Waals surface area contributed by atoms with E-state index >= 15 is 0 Å². The number of aliphatic hydroxyl groups is 1. The normalized spacial score (nSPS) is 16.8. The van der Waals surface area contributed by atoms with Crippen LogP contribution in [0.4, 0.5) is 5.82 Å². The van der Waals surface area contributed by atoms with Crippen molar-refractivity contribution in [2.45, 2.75) is 65.8 Å². The Bertz CT molecular complexity index is 1430. The minimum absolute atomic E-state index is 0.154. The highest BCUT2D eigenvalue weighted by Crippen LogP contribution is 2.42. The topological polar surface area (TPSA) is 120 Å². The number of nitrogens with two attached hydrogens (primary N) is 1. The lowest BCUT2D eigenvalue weighted by Gasteiger charge is -2.33. The Morgan fingerprint density at radius 1 is 1.14 bits per heavy atom. The molecule has 0 spiro atoms. The van der Waals surface area contributed by atoms with E-state index in [0.29, 0.717) is 17.5 Å². The van der Waals surface area contributed by atoms with Crippen LogP contribution in [-0.4, -0.2) is 66.0 Å². The van der Waals surface area contributed by atoms with E-state index in [0.717, 1.165) is 70.6 Å². The molecule has 1 saturated heterocycles. The van der Waals surface area contributed by atoms with Crippen LogP contribution in [0, 0.1) is 20.8 Å². The Morgan fingerprint density at radius 3 is 2.54 bits per heavy atom. The summed E-state index contributed by atoms with van der Waals surface area (Å²) in [5.74, 6) is 1.24. The number of fused-ring (bicyclic) bond motifs is 1. The SMILES string of the molecule is COc1c(C(C)n2nc(C)c3c(N)ncnc32)cc(C)c(C)c1-c1cnn(C2CCN(C(C)O)CC2)c1. The van der Waals surface area contributed by atoms with Crippen LogP contribution in [-0.2, 0) is 0 Å². The number of hydrogen-bond acceptors (Lipinski definition) is 8. The fourth-order valence-corrected chi connectivity index (χ4v) is 5.56. The van der Waals surface area contributed by atoms with Gasteiger partial charge < -0.3 is 15.6 Å². The number of ether oxygens (including phenoxy) is 1. The number of likely N-dealkylation sites (tertiary alicyclic amines) is 1. The van der Waals surface area contributed by atoms with Crippen molar-refractivity contribution in [1.29, 1.82) is 0 Å². The molecule has 3 N–H and O–H groups in total. The van der Waals surface area contributed by atoms with Crippen molar-refractivity contribution in [3.63, 3.8) is 0 Å². The summed E-state index contributed by atoms with van der Waals surface area (Å²) in [7, 11) is 1.71. The Hall–Kier alpha value is -3.50. The standard InChI is InChI=1S/C27H36N8O2/c1-15-11-22(18(4)35-27-24(17(3)32-35)26(28)29-14-30-27)25(37-6)23(16(15)2)20-12-31-34(13-20)21-7-9-33(10-8-21)19(5)36/h11-14,18-19,21,36H,7-10H2,1-6H3,(H2,28,29,30). The number of hydrogen-bond donors (Lipinski definition) is 2. The van der Waals surface area contributed by atoms with Gasteiger partial charge in [-0.3, -0.25) is 9.58 Å². The van der Waals surface area contributed by atoms with Crippen LogP contribution >= 0.6 is 0 Å². The second kappa shape index (κ2) is 9.75. The molecule has 2 atom stereocenters. The van der Waals surface area contributed by atoms with Crippen molar-refractivity contribution >= 4 is 16.9 Å². The van der Waals surface area contributed by atoms with Crippen molar-refractivity contribution in [1.82, 2.24) is 34.4 Å². The summed E-state index contributed by atoms with van der Waals surface area (Å²) < 4.78 is 10.1. The maximum atomic E-state index is 9.90. The van der Waals surface area contributed by atoms with E-state index in [9.17, 15) is 5.11 Å². The van der Waals surface area contributed by atoms with E-state index in [1.165, 1.54) is 6.33 Å². The summed E-state index contributed by atoms with van der Waals surface area (Å²) >= 11 is 0. The quantitative estimate of drug-likeness (QED) is 0.407. The van der Waals surface area contributed by atoms with Gasteiger partial charge in [0.15, 0.2) is 5.65 Å². The van der Waals surface area contributed by atoms with Crippen molar-refractivity contribution < 1.29 is 9.84 Å². The number of rotatable bonds is 6. The molecule has 0 amide bonds. The average molecular weight is 505 g/mol. The summed E-state index contributed by atoms with van der Waals surface area (Å²) in [6.45, 7) is 11.8. The van der Waals surface area contributed by atoms with Crippen LogP contribution < -0.4 is 10.5 Å². The van der Waals surface area contributed by atoms with Gasteiger partial charge in [-0.1, -0.05) is 0 Å². The Kier molecular flexibility index (Phi) is 6.63. The highest BCUT2D eigenvalue weighted by Gasteiger charge is 2.27. The molecule has 0 radical (unpaired) electrons. The van der Waals surface area contributed by atoms with E-state index in [4.69, 9.17) is 20.7 Å². The lowest BCUT2D eigenvalue weighted by atomic mass is 9.92. The molecule has 2 unspecified atom stereocenters. The van der Waals surface area contributed by atoms with Crippen LogP contribution in [0.3, 0.4) is 0 Å². The number of aliphatic hydroxyl groups excluding tert-OH is 1. The monoisotopic (exact) mass is 504 g/mol. The number of anilines is 1. The Labute approximate surface area is 217 Å². The van der Waals surface area contributed by atoms with Gasteiger partial charge in [0, 0.05) is 36.0 Å². The molecule has 1 aromatic carbocycles. The number of nitrogens with zero attached hydrogens (tertiary/aromatic N) is 7. The van der Waals surface area contributed by atoms with Gasteiger partial charge in [0.25, 0.3) is 0 Å². The molecule has 37 heavy (non-hydrogen) atoms. The van der Waals surface area contributed by atoms with Gasteiger partial charge in [-0.15, -0.1) is 0 Å². The molecular formula is C27H36N8O2. The summed E-state index contributed by atoms with van der Waals surface area (Å²) in [6, 6.07) is 2.33. The zero-order valence-electron chi connectivity index (χ0n) is 22.4. The minimum Gasteiger partial charge on any atom is -0.496 e. The molecule has 1 fully saturated rings. The highest BCUT2D eigenvalue weighted by atomic mass is 16.5. The second-order valence-corrected chi connectivity index (χ2v) is 10.1. The predicted molar refractivity (Wildman–Crippen MR) is 143 cm³/mol. The lowest BCUT2D eigenvalue weighted by Crippen LogP contribution is -2.40. The van der Waals surface area contributed by atoms with E-state index in [-0.39, 0.29) is 6.04 Å². The maximum absolute atomic E-state index is 9.90. The molecule has 0 aliphatic carbocycles. The number of nitrogen functional groups attached to an aromatic ring is 1. The van der Waals surface area contributed by atoms with Gasteiger partial charge in [0.1, 0.15) is 24.1 Å². The van der Waals surface area contributed by atoms with Crippen molar-refractivity contribution in [3.05, 3.63) is 47.2 Å². The van der Waals surface area contributed by atoms with Crippen LogP contribution in [0.1, 0.15) is 61.2 Å². The zero-order valence-corrected chi connectivity index (χ0v) is 22.4. The molecule has 1 aliphatic heterocycles.